The Morgan fingerprint density at radius 3 is 2.21 bits per heavy atom. The van der Waals surface area contributed by atoms with Crippen LogP contribution in [-0.4, -0.2) is 0 Å². The zero-order valence-corrected chi connectivity index (χ0v) is 7.27. The standard InChI is InChI=1S/C10H7N3O/c11-6-8(7-12)10(13)14-9-4-2-1-3-5-9/h1-5H,13H2. The van der Waals surface area contributed by atoms with E-state index in [2.05, 4.69) is 0 Å². The second kappa shape index (κ2) is 4.54. The molecule has 0 unspecified atom stereocenters. The molecule has 1 aromatic carbocycles. The van der Waals surface area contributed by atoms with Crippen LogP contribution in [0.4, 0.5) is 0 Å². The van der Waals surface area contributed by atoms with E-state index in [0.717, 1.165) is 0 Å². The summed E-state index contributed by atoms with van der Waals surface area (Å²) in [4.78, 5) is 0. The minimum Gasteiger partial charge on any atom is -0.439 e. The Labute approximate surface area is 81.4 Å². The van der Waals surface area contributed by atoms with E-state index in [0.29, 0.717) is 5.75 Å². The van der Waals surface area contributed by atoms with Crippen molar-refractivity contribution in [2.75, 3.05) is 0 Å². The van der Waals surface area contributed by atoms with Crippen LogP contribution in [0.2, 0.25) is 0 Å². The monoisotopic (exact) mass is 185 g/mol. The van der Waals surface area contributed by atoms with E-state index in [1.165, 1.54) is 0 Å². The van der Waals surface area contributed by atoms with Gasteiger partial charge in [-0.2, -0.15) is 10.5 Å². The highest BCUT2D eigenvalue weighted by Crippen LogP contribution is 2.11. The highest BCUT2D eigenvalue weighted by atomic mass is 16.5. The molecule has 0 radical (unpaired) electrons. The van der Waals surface area contributed by atoms with Crippen LogP contribution in [0, 0.1) is 22.7 Å². The number of hydrogen-bond acceptors (Lipinski definition) is 4. The Kier molecular flexibility index (Phi) is 3.12. The van der Waals surface area contributed by atoms with E-state index in [4.69, 9.17) is 21.0 Å². The van der Waals surface area contributed by atoms with Crippen molar-refractivity contribution in [2.45, 2.75) is 0 Å². The van der Waals surface area contributed by atoms with Gasteiger partial charge >= 0.3 is 0 Å². The van der Waals surface area contributed by atoms with Gasteiger partial charge in [0.2, 0.25) is 5.88 Å². The van der Waals surface area contributed by atoms with Crippen LogP contribution in [0.3, 0.4) is 0 Å². The number of para-hydroxylation sites is 1. The maximum atomic E-state index is 8.48. The first-order valence-electron chi connectivity index (χ1n) is 3.80. The number of nitrogens with zero attached hydrogens (tertiary/aromatic N) is 2. The van der Waals surface area contributed by atoms with Gasteiger partial charge in [0, 0.05) is 0 Å². The Morgan fingerprint density at radius 2 is 1.71 bits per heavy atom. The van der Waals surface area contributed by atoms with Gasteiger partial charge in [-0.05, 0) is 12.1 Å². The van der Waals surface area contributed by atoms with E-state index >= 15 is 0 Å². The lowest BCUT2D eigenvalue weighted by Crippen LogP contribution is -2.08. The van der Waals surface area contributed by atoms with E-state index < -0.39 is 0 Å². The normalized spacial score (nSPS) is 8.14. The van der Waals surface area contributed by atoms with Gasteiger partial charge in [0.25, 0.3) is 0 Å². The van der Waals surface area contributed by atoms with Crippen molar-refractivity contribution in [1.29, 1.82) is 10.5 Å². The van der Waals surface area contributed by atoms with Crippen LogP contribution in [0.5, 0.6) is 5.75 Å². The molecule has 0 saturated heterocycles. The fourth-order valence-electron chi connectivity index (χ4n) is 0.802. The molecule has 0 atom stereocenters. The molecule has 0 spiro atoms. The Morgan fingerprint density at radius 1 is 1.14 bits per heavy atom. The first-order valence-corrected chi connectivity index (χ1v) is 3.80. The second-order valence-corrected chi connectivity index (χ2v) is 2.38. The number of rotatable bonds is 2. The number of hydrogen-bond donors (Lipinski definition) is 1. The summed E-state index contributed by atoms with van der Waals surface area (Å²) in [5.74, 6) is 0.314. The highest BCUT2D eigenvalue weighted by molar-refractivity contribution is 5.38. The maximum Gasteiger partial charge on any atom is 0.219 e. The molecule has 1 rings (SSSR count). The van der Waals surface area contributed by atoms with Crippen LogP contribution in [0.1, 0.15) is 0 Å². The number of nitrogens with two attached hydrogens (primary N) is 1. The van der Waals surface area contributed by atoms with Crippen molar-refractivity contribution in [3.05, 3.63) is 41.8 Å². The molecule has 0 heterocycles. The largest absolute Gasteiger partial charge is 0.439 e. The van der Waals surface area contributed by atoms with Gasteiger partial charge in [0.15, 0.2) is 5.57 Å². The van der Waals surface area contributed by atoms with Gasteiger partial charge in [-0.3, -0.25) is 0 Å². The van der Waals surface area contributed by atoms with Crippen molar-refractivity contribution >= 4 is 0 Å². The predicted octanol–water partition coefficient (Wildman–Crippen LogP) is 1.28. The summed E-state index contributed by atoms with van der Waals surface area (Å²) < 4.78 is 5.07. The molecule has 4 nitrogen and oxygen atoms in total. The molecule has 0 bridgehead atoms. The summed E-state index contributed by atoms with van der Waals surface area (Å²) in [5.41, 5.74) is 5.16. The Hall–Kier alpha value is -2.46. The molecule has 2 N–H and O–H groups in total. The van der Waals surface area contributed by atoms with E-state index in [9.17, 15) is 0 Å². The average Bonchev–Trinajstić information content (AvgIpc) is 2.21. The highest BCUT2D eigenvalue weighted by Gasteiger charge is 2.03. The summed E-state index contributed by atoms with van der Waals surface area (Å²) >= 11 is 0. The molecule has 1 aromatic rings. The number of ether oxygens (including phenoxy) is 1. The van der Waals surface area contributed by atoms with E-state index in [1.807, 2.05) is 6.07 Å². The Balaban J connectivity index is 2.87. The van der Waals surface area contributed by atoms with Crippen LogP contribution in [-0.2, 0) is 0 Å². The number of allylic oxidation sites excluding steroid dienone is 1. The van der Waals surface area contributed by atoms with Crippen molar-refractivity contribution < 1.29 is 4.74 Å². The molecule has 0 fully saturated rings. The van der Waals surface area contributed by atoms with Crippen LogP contribution >= 0.6 is 0 Å². The average molecular weight is 185 g/mol. The zero-order valence-electron chi connectivity index (χ0n) is 7.27. The van der Waals surface area contributed by atoms with Gasteiger partial charge in [-0.15, -0.1) is 0 Å². The molecule has 4 heteroatoms. The number of nitriles is 2. The molecule has 0 aliphatic heterocycles. The molecular formula is C10H7N3O. The first kappa shape index (κ1) is 9.63. The lowest BCUT2D eigenvalue weighted by Gasteiger charge is -2.03. The van der Waals surface area contributed by atoms with Crippen molar-refractivity contribution in [3.63, 3.8) is 0 Å². The van der Waals surface area contributed by atoms with Crippen LogP contribution < -0.4 is 10.5 Å². The third-order valence-corrected chi connectivity index (χ3v) is 1.44. The quantitative estimate of drug-likeness (QED) is 0.555. The summed E-state index contributed by atoms with van der Waals surface area (Å²) in [7, 11) is 0. The van der Waals surface area contributed by atoms with E-state index in [-0.39, 0.29) is 11.5 Å². The van der Waals surface area contributed by atoms with Crippen LogP contribution in [0.15, 0.2) is 41.8 Å². The molecule has 0 aromatic heterocycles. The molecule has 14 heavy (non-hydrogen) atoms. The Bertz CT molecular complexity index is 407. The minimum absolute atomic E-state index is 0.179. The molecule has 0 amide bonds. The molecule has 0 aliphatic rings. The van der Waals surface area contributed by atoms with Crippen LogP contribution in [0.25, 0.3) is 0 Å². The van der Waals surface area contributed by atoms with Gasteiger partial charge < -0.3 is 10.5 Å². The maximum absolute atomic E-state index is 8.48. The van der Waals surface area contributed by atoms with Crippen molar-refractivity contribution in [3.8, 4) is 17.9 Å². The molecule has 0 aliphatic carbocycles. The number of benzene rings is 1. The summed E-state index contributed by atoms with van der Waals surface area (Å²) in [6, 6.07) is 12.0. The topological polar surface area (TPSA) is 82.8 Å². The molecule has 0 saturated carbocycles. The van der Waals surface area contributed by atoms with Gasteiger partial charge in [0.1, 0.15) is 17.9 Å². The third-order valence-electron chi connectivity index (χ3n) is 1.44. The smallest absolute Gasteiger partial charge is 0.219 e. The lowest BCUT2D eigenvalue weighted by molar-refractivity contribution is 0.417. The van der Waals surface area contributed by atoms with Gasteiger partial charge in [-0.1, -0.05) is 18.2 Å². The summed E-state index contributed by atoms with van der Waals surface area (Å²) in [6.45, 7) is 0. The molecule has 68 valence electrons. The molecular weight excluding hydrogens is 178 g/mol. The zero-order chi connectivity index (χ0) is 10.4. The first-order chi connectivity index (χ1) is 6.77. The fourth-order valence-corrected chi connectivity index (χ4v) is 0.802. The summed E-state index contributed by atoms with van der Waals surface area (Å²) in [5, 5.41) is 17.0. The predicted molar refractivity (Wildman–Crippen MR) is 49.5 cm³/mol. The lowest BCUT2D eigenvalue weighted by atomic mass is 10.3. The summed E-state index contributed by atoms with van der Waals surface area (Å²) in [6.07, 6.45) is 0. The third kappa shape index (κ3) is 2.26. The van der Waals surface area contributed by atoms with Crippen molar-refractivity contribution in [1.82, 2.24) is 0 Å². The van der Waals surface area contributed by atoms with Gasteiger partial charge in [-0.25, -0.2) is 0 Å². The fraction of sp³-hybridized carbons (Fsp3) is 0. The minimum atomic E-state index is -0.228. The SMILES string of the molecule is N#CC(C#N)=C(N)Oc1ccccc1. The van der Waals surface area contributed by atoms with Crippen molar-refractivity contribution in [2.24, 2.45) is 5.73 Å². The second-order valence-electron chi connectivity index (χ2n) is 2.38. The van der Waals surface area contributed by atoms with Gasteiger partial charge in [0.05, 0.1) is 0 Å². The van der Waals surface area contributed by atoms with E-state index in [1.54, 1.807) is 36.4 Å².